The van der Waals surface area contributed by atoms with Crippen LogP contribution in [0.4, 0.5) is 10.2 Å². The molecule has 1 saturated heterocycles. The summed E-state index contributed by atoms with van der Waals surface area (Å²) in [6.45, 7) is 0.918. The second-order valence-corrected chi connectivity index (χ2v) is 7.47. The molecule has 118 valence electrons. The first-order valence-electron chi connectivity index (χ1n) is 6.94. The topological polar surface area (TPSA) is 72.4 Å². The van der Waals surface area contributed by atoms with E-state index in [-0.39, 0.29) is 22.8 Å². The van der Waals surface area contributed by atoms with Crippen LogP contribution in [-0.2, 0) is 9.84 Å². The van der Waals surface area contributed by atoms with Crippen LogP contribution in [0.25, 0.3) is 10.9 Å². The van der Waals surface area contributed by atoms with E-state index >= 15 is 0 Å². The van der Waals surface area contributed by atoms with Gasteiger partial charge in [-0.05, 0) is 18.6 Å². The van der Waals surface area contributed by atoms with Crippen molar-refractivity contribution in [1.29, 1.82) is 0 Å². The predicted octanol–water partition coefficient (Wildman–Crippen LogP) is 1.40. The van der Waals surface area contributed by atoms with Crippen LogP contribution in [0, 0.1) is 5.82 Å². The number of halogens is 1. The van der Waals surface area contributed by atoms with E-state index in [0.29, 0.717) is 30.7 Å². The van der Waals surface area contributed by atoms with Crippen LogP contribution in [0.3, 0.4) is 0 Å². The molecule has 0 saturated carbocycles. The number of nitrogens with zero attached hydrogens (tertiary/aromatic N) is 3. The first-order valence-corrected chi connectivity index (χ1v) is 8.76. The summed E-state index contributed by atoms with van der Waals surface area (Å²) >= 11 is 0. The van der Waals surface area contributed by atoms with Crippen molar-refractivity contribution in [1.82, 2.24) is 9.97 Å². The number of fused-ring (bicyclic) bond motifs is 1. The summed E-state index contributed by atoms with van der Waals surface area (Å²) in [5.74, 6) is 0.400. The molecule has 1 aromatic carbocycles. The molecule has 6 nitrogen and oxygen atoms in total. The molecule has 3 rings (SSSR count). The number of benzene rings is 1. The molecule has 2 heterocycles. The van der Waals surface area contributed by atoms with Gasteiger partial charge >= 0.3 is 0 Å². The summed E-state index contributed by atoms with van der Waals surface area (Å²) < 4.78 is 42.7. The summed E-state index contributed by atoms with van der Waals surface area (Å²) in [6.07, 6.45) is 1.83. The molecule has 1 aromatic heterocycles. The molecule has 2 aromatic rings. The number of anilines is 1. The number of hydrogen-bond acceptors (Lipinski definition) is 6. The molecule has 0 amide bonds. The second kappa shape index (κ2) is 5.68. The highest BCUT2D eigenvalue weighted by molar-refractivity contribution is 7.91. The Morgan fingerprint density at radius 1 is 1.23 bits per heavy atom. The highest BCUT2D eigenvalue weighted by Gasteiger charge is 2.22. The third-order valence-electron chi connectivity index (χ3n) is 3.76. The van der Waals surface area contributed by atoms with Crippen molar-refractivity contribution in [2.24, 2.45) is 0 Å². The molecular formula is C14H16FN3O3S. The zero-order chi connectivity index (χ0) is 15.7. The van der Waals surface area contributed by atoms with Crippen molar-refractivity contribution < 1.29 is 17.5 Å². The molecule has 0 radical (unpaired) electrons. The Labute approximate surface area is 127 Å². The third kappa shape index (κ3) is 2.70. The Morgan fingerprint density at radius 3 is 2.82 bits per heavy atom. The molecule has 0 aliphatic carbocycles. The smallest absolute Gasteiger partial charge is 0.191 e. The molecule has 1 fully saturated rings. The molecule has 0 bridgehead atoms. The van der Waals surface area contributed by atoms with Gasteiger partial charge in [0.05, 0.1) is 18.6 Å². The van der Waals surface area contributed by atoms with Gasteiger partial charge in [-0.3, -0.25) is 0 Å². The fourth-order valence-electron chi connectivity index (χ4n) is 2.62. The van der Waals surface area contributed by atoms with E-state index in [0.717, 1.165) is 0 Å². The molecule has 22 heavy (non-hydrogen) atoms. The Hall–Kier alpha value is -1.96. The van der Waals surface area contributed by atoms with Crippen molar-refractivity contribution in [2.75, 3.05) is 36.6 Å². The van der Waals surface area contributed by atoms with Gasteiger partial charge in [-0.2, -0.15) is 0 Å². The van der Waals surface area contributed by atoms with E-state index in [1.807, 2.05) is 4.90 Å². The van der Waals surface area contributed by atoms with Crippen LogP contribution in [0.1, 0.15) is 6.42 Å². The summed E-state index contributed by atoms with van der Waals surface area (Å²) in [4.78, 5) is 10.1. The van der Waals surface area contributed by atoms with Crippen LogP contribution in [0.15, 0.2) is 18.5 Å². The van der Waals surface area contributed by atoms with Gasteiger partial charge < -0.3 is 9.64 Å². The molecule has 0 unspecified atom stereocenters. The Morgan fingerprint density at radius 2 is 2.05 bits per heavy atom. The minimum atomic E-state index is -3.01. The van der Waals surface area contributed by atoms with E-state index in [1.165, 1.54) is 19.5 Å². The van der Waals surface area contributed by atoms with Gasteiger partial charge in [0.25, 0.3) is 0 Å². The SMILES string of the molecule is COc1ccc2c(N3CCCS(=O)(=O)CC3)ncnc2c1F. The number of methoxy groups -OCH3 is 1. The van der Waals surface area contributed by atoms with Crippen molar-refractivity contribution in [3.63, 3.8) is 0 Å². The number of rotatable bonds is 2. The quantitative estimate of drug-likeness (QED) is 0.831. The van der Waals surface area contributed by atoms with Gasteiger partial charge in [-0.25, -0.2) is 22.8 Å². The maximum atomic E-state index is 14.3. The Bertz CT molecular complexity index is 810. The number of ether oxygens (including phenoxy) is 1. The normalized spacial score (nSPS) is 18.2. The molecule has 0 spiro atoms. The maximum Gasteiger partial charge on any atom is 0.191 e. The van der Waals surface area contributed by atoms with E-state index in [9.17, 15) is 12.8 Å². The lowest BCUT2D eigenvalue weighted by atomic mass is 10.2. The molecule has 0 atom stereocenters. The van der Waals surface area contributed by atoms with E-state index < -0.39 is 15.7 Å². The average Bonchev–Trinajstić information content (AvgIpc) is 2.68. The highest BCUT2D eigenvalue weighted by Crippen LogP contribution is 2.30. The van der Waals surface area contributed by atoms with Crippen LogP contribution >= 0.6 is 0 Å². The van der Waals surface area contributed by atoms with Crippen LogP contribution in [0.2, 0.25) is 0 Å². The summed E-state index contributed by atoms with van der Waals surface area (Å²) in [5, 5.41) is 0.556. The lowest BCUT2D eigenvalue weighted by Crippen LogP contribution is -2.27. The fraction of sp³-hybridized carbons (Fsp3) is 0.429. The third-order valence-corrected chi connectivity index (χ3v) is 5.48. The zero-order valence-corrected chi connectivity index (χ0v) is 12.9. The Kier molecular flexibility index (Phi) is 3.86. The first kappa shape index (κ1) is 15.0. The first-order chi connectivity index (χ1) is 10.5. The number of aromatic nitrogens is 2. The molecule has 1 aliphatic heterocycles. The lowest BCUT2D eigenvalue weighted by molar-refractivity contribution is 0.388. The van der Waals surface area contributed by atoms with E-state index in [2.05, 4.69) is 9.97 Å². The van der Waals surface area contributed by atoms with Gasteiger partial charge in [0.2, 0.25) is 0 Å². The summed E-state index contributed by atoms with van der Waals surface area (Å²) in [5.41, 5.74) is 0.177. The van der Waals surface area contributed by atoms with Crippen LogP contribution in [-0.4, -0.2) is 50.1 Å². The van der Waals surface area contributed by atoms with E-state index in [1.54, 1.807) is 6.07 Å². The zero-order valence-electron chi connectivity index (χ0n) is 12.1. The monoisotopic (exact) mass is 325 g/mol. The summed E-state index contributed by atoms with van der Waals surface area (Å²) in [7, 11) is -1.62. The largest absolute Gasteiger partial charge is 0.494 e. The van der Waals surface area contributed by atoms with Crippen LogP contribution < -0.4 is 9.64 Å². The number of hydrogen-bond donors (Lipinski definition) is 0. The van der Waals surface area contributed by atoms with Gasteiger partial charge in [0, 0.05) is 18.5 Å². The van der Waals surface area contributed by atoms with Crippen molar-refractivity contribution in [3.05, 3.63) is 24.3 Å². The number of sulfone groups is 1. The van der Waals surface area contributed by atoms with Crippen molar-refractivity contribution in [2.45, 2.75) is 6.42 Å². The molecular weight excluding hydrogens is 309 g/mol. The Balaban J connectivity index is 2.06. The molecule has 0 N–H and O–H groups in total. The van der Waals surface area contributed by atoms with Crippen LogP contribution in [0.5, 0.6) is 5.75 Å². The van der Waals surface area contributed by atoms with Gasteiger partial charge in [-0.15, -0.1) is 0 Å². The minimum Gasteiger partial charge on any atom is -0.494 e. The molecule has 1 aliphatic rings. The summed E-state index contributed by atoms with van der Waals surface area (Å²) in [6, 6.07) is 3.23. The minimum absolute atomic E-state index is 0.0805. The fourth-order valence-corrected chi connectivity index (χ4v) is 3.90. The maximum absolute atomic E-state index is 14.3. The van der Waals surface area contributed by atoms with Gasteiger partial charge in [0.1, 0.15) is 17.7 Å². The standard InChI is InChI=1S/C14H16FN3O3S/c1-21-11-4-3-10-13(12(11)15)16-9-17-14(10)18-5-2-7-22(19,20)8-6-18/h3-4,9H,2,5-8H2,1H3. The van der Waals surface area contributed by atoms with Gasteiger partial charge in [-0.1, -0.05) is 0 Å². The van der Waals surface area contributed by atoms with Crippen molar-refractivity contribution in [3.8, 4) is 5.75 Å². The van der Waals surface area contributed by atoms with E-state index in [4.69, 9.17) is 4.74 Å². The average molecular weight is 325 g/mol. The lowest BCUT2D eigenvalue weighted by Gasteiger charge is -2.22. The predicted molar refractivity (Wildman–Crippen MR) is 81.5 cm³/mol. The molecule has 8 heteroatoms. The van der Waals surface area contributed by atoms with Crippen molar-refractivity contribution >= 4 is 26.6 Å². The van der Waals surface area contributed by atoms with Gasteiger partial charge in [0.15, 0.2) is 21.4 Å². The highest BCUT2D eigenvalue weighted by atomic mass is 32.2. The second-order valence-electron chi connectivity index (χ2n) is 5.17.